The third kappa shape index (κ3) is 1.64. The van der Waals surface area contributed by atoms with Crippen molar-refractivity contribution in [2.24, 2.45) is 0 Å². The van der Waals surface area contributed by atoms with E-state index in [1.165, 1.54) is 0 Å². The molecule has 0 aliphatic carbocycles. The lowest BCUT2D eigenvalue weighted by atomic mass is 10.2. The molecule has 1 heterocycles. The molecule has 0 N–H and O–H groups in total. The summed E-state index contributed by atoms with van der Waals surface area (Å²) in [7, 11) is 0. The monoisotopic (exact) mass is 174 g/mol. The van der Waals surface area contributed by atoms with Crippen LogP contribution in [0.3, 0.4) is 0 Å². The van der Waals surface area contributed by atoms with Crippen molar-refractivity contribution >= 4 is 23.9 Å². The van der Waals surface area contributed by atoms with Crippen molar-refractivity contribution in [3.8, 4) is 0 Å². The van der Waals surface area contributed by atoms with Crippen LogP contribution >= 0.6 is 0 Å². The number of benzene rings is 1. The van der Waals surface area contributed by atoms with Crippen LogP contribution in [0.15, 0.2) is 28.7 Å². The molecule has 0 spiro atoms. The predicted molar refractivity (Wildman–Crippen MR) is 57.9 cm³/mol. The van der Waals surface area contributed by atoms with Crippen LogP contribution in [0.4, 0.5) is 0 Å². The molecule has 0 radical (unpaired) electrons. The summed E-state index contributed by atoms with van der Waals surface area (Å²) in [4.78, 5) is 0. The van der Waals surface area contributed by atoms with Crippen LogP contribution in [-0.2, 0) is 0 Å². The van der Waals surface area contributed by atoms with Crippen LogP contribution in [0.2, 0.25) is 0 Å². The summed E-state index contributed by atoms with van der Waals surface area (Å²) in [5, 5.41) is 2.11. The molecule has 13 heavy (non-hydrogen) atoms. The minimum absolute atomic E-state index is 0.700. The fraction of sp³-hybridized carbons (Fsp3) is 0.167. The van der Waals surface area contributed by atoms with Gasteiger partial charge >= 0.3 is 0 Å². The molecule has 0 amide bonds. The third-order valence-corrected chi connectivity index (χ3v) is 1.77. The summed E-state index contributed by atoms with van der Waals surface area (Å²) < 4.78 is 5.24. The Balaban J connectivity index is 0.000000396. The van der Waals surface area contributed by atoms with Gasteiger partial charge in [-0.1, -0.05) is 51.3 Å². The highest BCUT2D eigenvalue weighted by Crippen LogP contribution is 2.03. The van der Waals surface area contributed by atoms with Gasteiger partial charge in [0.15, 0.2) is 0 Å². The van der Waals surface area contributed by atoms with Crippen LogP contribution in [0.1, 0.15) is 13.8 Å². The minimum Gasteiger partial charge on any atom is -0.457 e. The fourth-order valence-corrected chi connectivity index (χ4v) is 1.23. The molecule has 0 aliphatic heterocycles. The van der Waals surface area contributed by atoms with Gasteiger partial charge in [0.25, 0.3) is 0 Å². The second-order valence-electron chi connectivity index (χ2n) is 2.49. The topological polar surface area (TPSA) is 13.1 Å². The van der Waals surface area contributed by atoms with E-state index in [9.17, 15) is 0 Å². The van der Waals surface area contributed by atoms with Crippen molar-refractivity contribution in [2.45, 2.75) is 13.8 Å². The Morgan fingerprint density at radius 1 is 0.923 bits per heavy atom. The molecule has 68 valence electrons. The Morgan fingerprint density at radius 2 is 1.31 bits per heavy atom. The van der Waals surface area contributed by atoms with E-state index in [1.807, 2.05) is 38.1 Å². The smallest absolute Gasteiger partial charge is 0.128 e. The molecule has 0 atom stereocenters. The zero-order valence-electron chi connectivity index (χ0n) is 8.13. The highest BCUT2D eigenvalue weighted by atomic mass is 16.3. The first-order chi connectivity index (χ1) is 6.29. The first kappa shape index (κ1) is 9.59. The largest absolute Gasteiger partial charge is 0.457 e. The molecule has 0 bridgehead atoms. The van der Waals surface area contributed by atoms with Gasteiger partial charge in [0.1, 0.15) is 10.8 Å². The molecule has 1 heteroatoms. The quantitative estimate of drug-likeness (QED) is 0.597. The van der Waals surface area contributed by atoms with E-state index >= 15 is 0 Å². The zero-order valence-corrected chi connectivity index (χ0v) is 8.13. The van der Waals surface area contributed by atoms with E-state index in [2.05, 4.69) is 13.2 Å². The van der Waals surface area contributed by atoms with E-state index < -0.39 is 0 Å². The Morgan fingerprint density at radius 3 is 1.69 bits per heavy atom. The van der Waals surface area contributed by atoms with Crippen molar-refractivity contribution in [3.05, 3.63) is 35.1 Å². The first-order valence-corrected chi connectivity index (χ1v) is 4.44. The Hall–Kier alpha value is -1.50. The second-order valence-corrected chi connectivity index (χ2v) is 2.49. The van der Waals surface area contributed by atoms with Crippen molar-refractivity contribution < 1.29 is 4.42 Å². The average Bonchev–Trinajstić information content (AvgIpc) is 2.47. The summed E-state index contributed by atoms with van der Waals surface area (Å²) in [6, 6.07) is 7.89. The molecule has 0 fully saturated rings. The van der Waals surface area contributed by atoms with Gasteiger partial charge in [-0.15, -0.1) is 0 Å². The lowest BCUT2D eigenvalue weighted by molar-refractivity contribution is 0.511. The molecule has 2 aromatic rings. The minimum atomic E-state index is 0.700. The van der Waals surface area contributed by atoms with E-state index in [0.717, 1.165) is 10.8 Å². The normalized spacial score (nSPS) is 9.38. The molecule has 1 aromatic heterocycles. The average molecular weight is 174 g/mol. The maximum absolute atomic E-state index is 5.24. The van der Waals surface area contributed by atoms with Crippen LogP contribution in [0.25, 0.3) is 23.9 Å². The number of furan rings is 1. The maximum Gasteiger partial charge on any atom is 0.128 e. The van der Waals surface area contributed by atoms with Gasteiger partial charge in [-0.25, -0.2) is 0 Å². The SMILES string of the molecule is C=c1oc(=C)c2ccccc12.CC. The highest BCUT2D eigenvalue weighted by Gasteiger charge is 1.96. The van der Waals surface area contributed by atoms with Crippen molar-refractivity contribution in [1.29, 1.82) is 0 Å². The van der Waals surface area contributed by atoms with Gasteiger partial charge in [-0.2, -0.15) is 0 Å². The highest BCUT2D eigenvalue weighted by molar-refractivity contribution is 5.81. The Kier molecular flexibility index (Phi) is 2.91. The molecule has 0 aliphatic rings. The van der Waals surface area contributed by atoms with Gasteiger partial charge in [-0.3, -0.25) is 0 Å². The summed E-state index contributed by atoms with van der Waals surface area (Å²) >= 11 is 0. The van der Waals surface area contributed by atoms with E-state index in [0.29, 0.717) is 10.8 Å². The van der Waals surface area contributed by atoms with Crippen molar-refractivity contribution in [1.82, 2.24) is 0 Å². The van der Waals surface area contributed by atoms with E-state index in [1.54, 1.807) is 0 Å². The molecule has 0 saturated carbocycles. The lowest BCUT2D eigenvalue weighted by Gasteiger charge is -1.82. The number of hydrogen-bond acceptors (Lipinski definition) is 1. The number of hydrogen-bond donors (Lipinski definition) is 0. The standard InChI is InChI=1S/C10H8O.C2H6/c1-7-9-5-3-4-6-10(9)8(2)11-7;1-2/h3-6H,1-2H2;1-2H3. The summed E-state index contributed by atoms with van der Waals surface area (Å²) in [6.45, 7) is 11.5. The van der Waals surface area contributed by atoms with Crippen LogP contribution in [0.5, 0.6) is 0 Å². The van der Waals surface area contributed by atoms with Crippen LogP contribution in [-0.4, -0.2) is 0 Å². The van der Waals surface area contributed by atoms with Gasteiger partial charge in [0.05, 0.1) is 0 Å². The van der Waals surface area contributed by atoms with Crippen LogP contribution in [0, 0.1) is 0 Å². The van der Waals surface area contributed by atoms with Gasteiger partial charge in [0, 0.05) is 10.8 Å². The third-order valence-electron chi connectivity index (χ3n) is 1.77. The number of fused-ring (bicyclic) bond motifs is 1. The maximum atomic E-state index is 5.24. The molecule has 1 nitrogen and oxygen atoms in total. The van der Waals surface area contributed by atoms with Crippen molar-refractivity contribution in [3.63, 3.8) is 0 Å². The molecule has 0 unspecified atom stereocenters. The zero-order chi connectivity index (χ0) is 9.84. The Labute approximate surface area is 78.0 Å². The van der Waals surface area contributed by atoms with Gasteiger partial charge < -0.3 is 4.42 Å². The van der Waals surface area contributed by atoms with Gasteiger partial charge in [0.2, 0.25) is 0 Å². The lowest BCUT2D eigenvalue weighted by Crippen LogP contribution is -1.93. The van der Waals surface area contributed by atoms with E-state index in [4.69, 9.17) is 4.42 Å². The Bertz CT molecular complexity index is 435. The second kappa shape index (κ2) is 3.94. The van der Waals surface area contributed by atoms with Crippen LogP contribution < -0.4 is 10.8 Å². The molecule has 0 saturated heterocycles. The number of rotatable bonds is 0. The van der Waals surface area contributed by atoms with Gasteiger partial charge in [-0.05, 0) is 0 Å². The molecular weight excluding hydrogens is 160 g/mol. The first-order valence-electron chi connectivity index (χ1n) is 4.44. The molecular formula is C12H14O. The summed E-state index contributed by atoms with van der Waals surface area (Å²) in [6.07, 6.45) is 0. The van der Waals surface area contributed by atoms with Crippen molar-refractivity contribution in [2.75, 3.05) is 0 Å². The fourth-order valence-electron chi connectivity index (χ4n) is 1.23. The van der Waals surface area contributed by atoms with E-state index in [-0.39, 0.29) is 0 Å². The molecule has 1 aromatic carbocycles. The summed E-state index contributed by atoms with van der Waals surface area (Å²) in [5.41, 5.74) is 1.40. The predicted octanol–water partition coefficient (Wildman–Crippen LogP) is 2.28. The summed E-state index contributed by atoms with van der Waals surface area (Å²) in [5.74, 6) is 0. The molecule has 2 rings (SSSR count).